The second kappa shape index (κ2) is 35.0. The molecule has 0 amide bonds. The van der Waals surface area contributed by atoms with Gasteiger partial charge in [0.2, 0.25) is 0 Å². The van der Waals surface area contributed by atoms with Crippen LogP contribution in [0.2, 0.25) is 0 Å². The predicted molar refractivity (Wildman–Crippen MR) is 214 cm³/mol. The van der Waals surface area contributed by atoms with Crippen LogP contribution in [0, 0.1) is 0 Å². The van der Waals surface area contributed by atoms with E-state index in [1.165, 1.54) is 103 Å². The number of aliphatic carboxylic acids is 3. The molecule has 324 valence electrons. The standard InChI is InChI=1S/C43H68O14/c1-52-38-29-35(24-26-37(38)56-34-41(48)49)25-27-43(51)54-28-22-20-18-16-14-12-10-8-6-4-2-3-5-7-9-11-13-15-17-19-21-23-42(50)57-31-36(55-33-40(46)47)30-53-32-39(44)45/h24-27,29,36H,2-23,28,30-34H2,1H3,(H,44,45)(H,46,47)(H,48,49)/b27-25+/t36-/m0/s1. The summed E-state index contributed by atoms with van der Waals surface area (Å²) >= 11 is 0. The van der Waals surface area contributed by atoms with Crippen molar-refractivity contribution in [2.24, 2.45) is 0 Å². The van der Waals surface area contributed by atoms with Gasteiger partial charge < -0.3 is 43.7 Å². The monoisotopic (exact) mass is 808 g/mol. The lowest BCUT2D eigenvalue weighted by molar-refractivity contribution is -0.157. The number of esters is 2. The van der Waals surface area contributed by atoms with Gasteiger partial charge in [-0.3, -0.25) is 4.79 Å². The van der Waals surface area contributed by atoms with Crippen molar-refractivity contribution in [2.45, 2.75) is 147 Å². The summed E-state index contributed by atoms with van der Waals surface area (Å²) in [5, 5.41) is 26.2. The van der Waals surface area contributed by atoms with Crippen molar-refractivity contribution in [1.82, 2.24) is 0 Å². The van der Waals surface area contributed by atoms with Crippen molar-refractivity contribution in [3.05, 3.63) is 29.8 Å². The fraction of sp³-hybridized carbons (Fsp3) is 0.698. The lowest BCUT2D eigenvalue weighted by atomic mass is 10.0. The van der Waals surface area contributed by atoms with Gasteiger partial charge in [0, 0.05) is 12.5 Å². The summed E-state index contributed by atoms with van der Waals surface area (Å²) in [6.07, 6.45) is 27.4. The zero-order chi connectivity index (χ0) is 41.8. The van der Waals surface area contributed by atoms with Crippen LogP contribution in [0.3, 0.4) is 0 Å². The first-order valence-corrected chi connectivity index (χ1v) is 20.8. The molecule has 0 saturated carbocycles. The molecule has 1 aromatic rings. The molecule has 0 radical (unpaired) electrons. The minimum Gasteiger partial charge on any atom is -0.493 e. The third kappa shape index (κ3) is 31.6. The number of methoxy groups -OCH3 is 1. The summed E-state index contributed by atoms with van der Waals surface area (Å²) < 4.78 is 30.9. The molecular formula is C43H68O14. The van der Waals surface area contributed by atoms with Crippen LogP contribution in [0.15, 0.2) is 24.3 Å². The van der Waals surface area contributed by atoms with E-state index >= 15 is 0 Å². The zero-order valence-electron chi connectivity index (χ0n) is 34.1. The topological polar surface area (TPSA) is 201 Å². The molecule has 0 heterocycles. The highest BCUT2D eigenvalue weighted by Gasteiger charge is 2.16. The molecule has 1 aromatic carbocycles. The van der Waals surface area contributed by atoms with Gasteiger partial charge in [0.15, 0.2) is 18.1 Å². The van der Waals surface area contributed by atoms with Gasteiger partial charge in [-0.25, -0.2) is 19.2 Å². The van der Waals surface area contributed by atoms with Crippen molar-refractivity contribution in [3.63, 3.8) is 0 Å². The van der Waals surface area contributed by atoms with E-state index in [2.05, 4.69) is 0 Å². The van der Waals surface area contributed by atoms with Gasteiger partial charge in [-0.15, -0.1) is 0 Å². The third-order valence-electron chi connectivity index (χ3n) is 9.12. The van der Waals surface area contributed by atoms with Crippen LogP contribution in [-0.4, -0.2) is 98.0 Å². The Bertz CT molecular complexity index is 1280. The van der Waals surface area contributed by atoms with Gasteiger partial charge in [-0.2, -0.15) is 0 Å². The van der Waals surface area contributed by atoms with Crippen molar-refractivity contribution < 1.29 is 67.7 Å². The number of hydrogen-bond donors (Lipinski definition) is 3. The van der Waals surface area contributed by atoms with E-state index in [-0.39, 0.29) is 25.6 Å². The molecule has 0 aliphatic rings. The Morgan fingerprint density at radius 3 is 1.56 bits per heavy atom. The Morgan fingerprint density at radius 2 is 1.07 bits per heavy atom. The van der Waals surface area contributed by atoms with E-state index in [9.17, 15) is 24.0 Å². The first-order chi connectivity index (χ1) is 27.6. The molecule has 0 aromatic heterocycles. The molecule has 14 heteroatoms. The molecule has 0 unspecified atom stereocenters. The van der Waals surface area contributed by atoms with E-state index in [0.717, 1.165) is 44.9 Å². The van der Waals surface area contributed by atoms with E-state index in [4.69, 9.17) is 43.7 Å². The number of unbranched alkanes of at least 4 members (excludes halogenated alkanes) is 20. The molecule has 0 spiro atoms. The fourth-order valence-corrected chi connectivity index (χ4v) is 6.03. The average Bonchev–Trinajstić information content (AvgIpc) is 3.18. The minimum absolute atomic E-state index is 0.181. The van der Waals surface area contributed by atoms with Gasteiger partial charge in [0.05, 0.1) is 20.3 Å². The van der Waals surface area contributed by atoms with Gasteiger partial charge in [0.1, 0.15) is 25.9 Å². The summed E-state index contributed by atoms with van der Waals surface area (Å²) in [5.41, 5.74) is 0.708. The van der Waals surface area contributed by atoms with Crippen molar-refractivity contribution in [2.75, 3.05) is 46.8 Å². The molecule has 0 aliphatic heterocycles. The number of carboxylic acid groups (broad SMARTS) is 3. The van der Waals surface area contributed by atoms with Crippen LogP contribution in [0.4, 0.5) is 0 Å². The zero-order valence-corrected chi connectivity index (χ0v) is 34.1. The Morgan fingerprint density at radius 1 is 0.579 bits per heavy atom. The number of carbonyl (C=O) groups is 5. The lowest BCUT2D eigenvalue weighted by Gasteiger charge is -2.16. The van der Waals surface area contributed by atoms with Crippen LogP contribution in [0.25, 0.3) is 6.08 Å². The highest BCUT2D eigenvalue weighted by molar-refractivity contribution is 5.87. The number of hydrogen-bond acceptors (Lipinski definition) is 11. The Labute approximate surface area is 338 Å². The molecule has 3 N–H and O–H groups in total. The lowest BCUT2D eigenvalue weighted by Crippen LogP contribution is -2.30. The molecule has 0 saturated heterocycles. The highest BCUT2D eigenvalue weighted by Crippen LogP contribution is 2.28. The molecule has 14 nitrogen and oxygen atoms in total. The SMILES string of the molecule is COc1cc(/C=C/C(=O)OCCCCCCCCCCCCCCCCCCCCCCCC(=O)OC[C@H](COCC(=O)O)OCC(=O)O)ccc1OCC(=O)O. The summed E-state index contributed by atoms with van der Waals surface area (Å²) in [4.78, 5) is 56.1. The Kier molecular flexibility index (Phi) is 31.2. The van der Waals surface area contributed by atoms with Gasteiger partial charge >= 0.3 is 29.8 Å². The van der Waals surface area contributed by atoms with Crippen LogP contribution in [0.1, 0.15) is 147 Å². The Hall–Kier alpha value is -4.17. The predicted octanol–water partition coefficient (Wildman–Crippen LogP) is 8.41. The van der Waals surface area contributed by atoms with Gasteiger partial charge in [-0.05, 0) is 36.6 Å². The second-order valence-electron chi connectivity index (χ2n) is 14.2. The van der Waals surface area contributed by atoms with Crippen molar-refractivity contribution in [1.29, 1.82) is 0 Å². The Balaban J connectivity index is 1.86. The van der Waals surface area contributed by atoms with Gasteiger partial charge in [0.25, 0.3) is 0 Å². The maximum Gasteiger partial charge on any atom is 0.341 e. The van der Waals surface area contributed by atoms with E-state index < -0.39 is 49.8 Å². The first-order valence-electron chi connectivity index (χ1n) is 20.8. The van der Waals surface area contributed by atoms with Crippen LogP contribution < -0.4 is 9.47 Å². The minimum atomic E-state index is -1.18. The summed E-state index contributed by atoms with van der Waals surface area (Å²) in [7, 11) is 1.46. The summed E-state index contributed by atoms with van der Waals surface area (Å²) in [6, 6.07) is 4.97. The van der Waals surface area contributed by atoms with E-state index in [1.807, 2.05) is 0 Å². The number of carboxylic acids is 3. The van der Waals surface area contributed by atoms with Crippen LogP contribution in [0.5, 0.6) is 11.5 Å². The molecule has 0 aliphatic carbocycles. The van der Waals surface area contributed by atoms with E-state index in [1.54, 1.807) is 24.3 Å². The van der Waals surface area contributed by atoms with E-state index in [0.29, 0.717) is 23.7 Å². The first kappa shape index (κ1) is 50.8. The average molecular weight is 809 g/mol. The molecular weight excluding hydrogens is 740 g/mol. The number of rotatable bonds is 39. The van der Waals surface area contributed by atoms with Crippen molar-refractivity contribution >= 4 is 35.9 Å². The molecule has 57 heavy (non-hydrogen) atoms. The fourth-order valence-electron chi connectivity index (χ4n) is 6.03. The number of ether oxygens (including phenoxy) is 6. The van der Waals surface area contributed by atoms with Crippen LogP contribution in [-0.2, 0) is 42.9 Å². The molecule has 0 fully saturated rings. The van der Waals surface area contributed by atoms with Crippen molar-refractivity contribution in [3.8, 4) is 11.5 Å². The quantitative estimate of drug-likeness (QED) is 0.0325. The van der Waals surface area contributed by atoms with Gasteiger partial charge in [-0.1, -0.05) is 128 Å². The number of benzene rings is 1. The largest absolute Gasteiger partial charge is 0.493 e. The normalized spacial score (nSPS) is 11.7. The molecule has 1 rings (SSSR count). The maximum absolute atomic E-state index is 12.1. The maximum atomic E-state index is 12.1. The summed E-state index contributed by atoms with van der Waals surface area (Å²) in [6.45, 7) is -1.57. The third-order valence-corrected chi connectivity index (χ3v) is 9.12. The van der Waals surface area contributed by atoms with Crippen LogP contribution >= 0.6 is 0 Å². The molecule has 0 bridgehead atoms. The highest BCUT2D eigenvalue weighted by atomic mass is 16.6. The smallest absolute Gasteiger partial charge is 0.341 e. The second-order valence-corrected chi connectivity index (χ2v) is 14.2. The summed E-state index contributed by atoms with van der Waals surface area (Å²) in [5.74, 6) is -3.50. The number of carbonyl (C=O) groups excluding carboxylic acids is 2. The molecule has 1 atom stereocenters.